The standard InChI is InChI=1S/C24H27N3O3S/c1-16-14-26(15-17(2)30-16)22-21(20-6-5-13-31-20)23(28)27(24(22)29)19-9-7-18(8-10-19)25-11-3-4-12-25/h5-10,13,16-17H,3-4,11-12,14-15H2,1-2H3. The summed E-state index contributed by atoms with van der Waals surface area (Å²) in [6.07, 6.45) is 2.41. The number of rotatable bonds is 4. The number of benzene rings is 1. The minimum absolute atomic E-state index is 0.00228. The average Bonchev–Trinajstić information content (AvgIpc) is 3.48. The second-order valence-electron chi connectivity index (χ2n) is 8.52. The fourth-order valence-corrected chi connectivity index (χ4v) is 5.60. The zero-order valence-electron chi connectivity index (χ0n) is 17.9. The zero-order chi connectivity index (χ0) is 21.5. The summed E-state index contributed by atoms with van der Waals surface area (Å²) in [6, 6.07) is 11.6. The van der Waals surface area contributed by atoms with Gasteiger partial charge in [-0.1, -0.05) is 6.07 Å². The van der Waals surface area contributed by atoms with Gasteiger partial charge in [0.05, 0.1) is 23.5 Å². The highest BCUT2D eigenvalue weighted by atomic mass is 32.1. The molecular formula is C24H27N3O3S. The Bertz CT molecular complexity index is 999. The van der Waals surface area contributed by atoms with Crippen molar-refractivity contribution in [1.29, 1.82) is 0 Å². The molecule has 0 aliphatic carbocycles. The van der Waals surface area contributed by atoms with Crippen LogP contribution in [-0.2, 0) is 14.3 Å². The van der Waals surface area contributed by atoms with Crippen LogP contribution in [0.1, 0.15) is 31.6 Å². The molecular weight excluding hydrogens is 410 g/mol. The lowest BCUT2D eigenvalue weighted by Gasteiger charge is -2.37. The van der Waals surface area contributed by atoms with Gasteiger partial charge in [-0.2, -0.15) is 0 Å². The summed E-state index contributed by atoms with van der Waals surface area (Å²) in [5, 5.41) is 1.94. The van der Waals surface area contributed by atoms with Gasteiger partial charge in [0.1, 0.15) is 5.70 Å². The van der Waals surface area contributed by atoms with E-state index in [4.69, 9.17) is 4.74 Å². The second kappa shape index (κ2) is 8.13. The monoisotopic (exact) mass is 437 g/mol. The second-order valence-corrected chi connectivity index (χ2v) is 9.47. The van der Waals surface area contributed by atoms with E-state index < -0.39 is 0 Å². The zero-order valence-corrected chi connectivity index (χ0v) is 18.7. The van der Waals surface area contributed by atoms with Crippen molar-refractivity contribution < 1.29 is 14.3 Å². The van der Waals surface area contributed by atoms with E-state index in [1.54, 1.807) is 0 Å². The number of nitrogens with zero attached hydrogens (tertiary/aromatic N) is 3. The third kappa shape index (κ3) is 3.66. The summed E-state index contributed by atoms with van der Waals surface area (Å²) in [4.78, 5) is 33.7. The summed E-state index contributed by atoms with van der Waals surface area (Å²) in [7, 11) is 0. The SMILES string of the molecule is CC1CN(C2=C(c3cccs3)C(=O)N(c3ccc(N4CCCC4)cc3)C2=O)CC(C)O1. The van der Waals surface area contributed by atoms with Crippen LogP contribution in [-0.4, -0.2) is 55.1 Å². The van der Waals surface area contributed by atoms with Gasteiger partial charge in [0.15, 0.2) is 0 Å². The van der Waals surface area contributed by atoms with Crippen molar-refractivity contribution >= 4 is 40.1 Å². The molecule has 31 heavy (non-hydrogen) atoms. The Morgan fingerprint density at radius 2 is 1.52 bits per heavy atom. The summed E-state index contributed by atoms with van der Waals surface area (Å²) in [6.45, 7) is 7.31. The van der Waals surface area contributed by atoms with Gasteiger partial charge in [-0.15, -0.1) is 11.3 Å². The van der Waals surface area contributed by atoms with Gasteiger partial charge in [0.25, 0.3) is 11.8 Å². The molecule has 5 rings (SSSR count). The van der Waals surface area contributed by atoms with Crippen molar-refractivity contribution in [2.45, 2.75) is 38.9 Å². The molecule has 0 bridgehead atoms. The van der Waals surface area contributed by atoms with Crippen LogP contribution in [0.4, 0.5) is 11.4 Å². The van der Waals surface area contributed by atoms with E-state index in [0.29, 0.717) is 30.0 Å². The number of thiophene rings is 1. The normalized spacial score (nSPS) is 24.6. The van der Waals surface area contributed by atoms with Crippen LogP contribution < -0.4 is 9.80 Å². The molecule has 1 aromatic heterocycles. The molecule has 2 fully saturated rings. The predicted molar refractivity (Wildman–Crippen MR) is 123 cm³/mol. The summed E-state index contributed by atoms with van der Waals surface area (Å²) < 4.78 is 5.86. The smallest absolute Gasteiger partial charge is 0.282 e. The molecule has 2 unspecified atom stereocenters. The molecule has 4 heterocycles. The molecule has 0 radical (unpaired) electrons. The molecule has 0 N–H and O–H groups in total. The topological polar surface area (TPSA) is 53.1 Å². The molecule has 7 heteroatoms. The highest BCUT2D eigenvalue weighted by molar-refractivity contribution is 7.11. The van der Waals surface area contributed by atoms with E-state index in [9.17, 15) is 9.59 Å². The highest BCUT2D eigenvalue weighted by Gasteiger charge is 2.44. The van der Waals surface area contributed by atoms with E-state index in [2.05, 4.69) is 4.90 Å². The number of carbonyl (C=O) groups is 2. The van der Waals surface area contributed by atoms with E-state index in [-0.39, 0.29) is 24.0 Å². The van der Waals surface area contributed by atoms with Crippen LogP contribution in [0.5, 0.6) is 0 Å². The molecule has 3 aliphatic rings. The van der Waals surface area contributed by atoms with Crippen molar-refractivity contribution in [3.8, 4) is 0 Å². The number of carbonyl (C=O) groups excluding carboxylic acids is 2. The Hall–Kier alpha value is -2.64. The van der Waals surface area contributed by atoms with Gasteiger partial charge >= 0.3 is 0 Å². The number of ether oxygens (including phenoxy) is 1. The maximum absolute atomic E-state index is 13.6. The van der Waals surface area contributed by atoms with Gasteiger partial charge in [-0.3, -0.25) is 9.59 Å². The third-order valence-electron chi connectivity index (χ3n) is 6.14. The van der Waals surface area contributed by atoms with Crippen molar-refractivity contribution in [2.75, 3.05) is 36.0 Å². The lowest BCUT2D eigenvalue weighted by atomic mass is 10.1. The van der Waals surface area contributed by atoms with E-state index >= 15 is 0 Å². The van der Waals surface area contributed by atoms with Gasteiger partial charge in [-0.05, 0) is 62.4 Å². The van der Waals surface area contributed by atoms with Crippen LogP contribution in [0.25, 0.3) is 5.57 Å². The summed E-state index contributed by atoms with van der Waals surface area (Å²) >= 11 is 1.49. The molecule has 2 aromatic rings. The first-order chi connectivity index (χ1) is 15.0. The summed E-state index contributed by atoms with van der Waals surface area (Å²) in [5.74, 6) is -0.494. The Labute approximate surface area is 186 Å². The van der Waals surface area contributed by atoms with Gasteiger partial charge < -0.3 is 14.5 Å². The van der Waals surface area contributed by atoms with Crippen molar-refractivity contribution in [3.63, 3.8) is 0 Å². The van der Waals surface area contributed by atoms with E-state index in [1.165, 1.54) is 29.1 Å². The summed E-state index contributed by atoms with van der Waals surface area (Å²) in [5.41, 5.74) is 2.77. The largest absolute Gasteiger partial charge is 0.372 e. The maximum Gasteiger partial charge on any atom is 0.282 e. The lowest BCUT2D eigenvalue weighted by molar-refractivity contribution is -0.121. The fourth-order valence-electron chi connectivity index (χ4n) is 4.84. The minimum Gasteiger partial charge on any atom is -0.372 e. The number of anilines is 2. The van der Waals surface area contributed by atoms with Gasteiger partial charge in [-0.25, -0.2) is 4.90 Å². The van der Waals surface area contributed by atoms with Crippen molar-refractivity contribution in [3.05, 3.63) is 52.4 Å². The number of hydrogen-bond donors (Lipinski definition) is 0. The average molecular weight is 438 g/mol. The quantitative estimate of drug-likeness (QED) is 0.682. The molecule has 0 saturated carbocycles. The molecule has 2 saturated heterocycles. The predicted octanol–water partition coefficient (Wildman–Crippen LogP) is 3.74. The first kappa shape index (κ1) is 20.3. The number of hydrogen-bond acceptors (Lipinski definition) is 6. The molecule has 2 atom stereocenters. The number of morpholine rings is 1. The van der Waals surface area contributed by atoms with Gasteiger partial charge in [0.2, 0.25) is 0 Å². The Balaban J connectivity index is 1.50. The number of amides is 2. The first-order valence-corrected chi connectivity index (χ1v) is 11.8. The fraction of sp³-hybridized carbons (Fsp3) is 0.417. The van der Waals surface area contributed by atoms with Crippen molar-refractivity contribution in [1.82, 2.24) is 4.90 Å². The number of imide groups is 1. The maximum atomic E-state index is 13.6. The van der Waals surface area contributed by atoms with E-state index in [0.717, 1.165) is 23.7 Å². The van der Waals surface area contributed by atoms with Crippen LogP contribution in [0.3, 0.4) is 0 Å². The highest BCUT2D eigenvalue weighted by Crippen LogP contribution is 2.38. The molecule has 2 amide bonds. The molecule has 162 valence electrons. The van der Waals surface area contributed by atoms with Crippen LogP contribution in [0, 0.1) is 0 Å². The lowest BCUT2D eigenvalue weighted by Crippen LogP contribution is -2.47. The molecule has 6 nitrogen and oxygen atoms in total. The van der Waals surface area contributed by atoms with Gasteiger partial charge in [0, 0.05) is 36.7 Å². The Morgan fingerprint density at radius 1 is 0.871 bits per heavy atom. The molecule has 3 aliphatic heterocycles. The molecule has 0 spiro atoms. The first-order valence-electron chi connectivity index (χ1n) is 11.0. The Morgan fingerprint density at radius 3 is 2.13 bits per heavy atom. The minimum atomic E-state index is -0.247. The third-order valence-corrected chi connectivity index (χ3v) is 7.03. The van der Waals surface area contributed by atoms with Crippen LogP contribution >= 0.6 is 11.3 Å². The van der Waals surface area contributed by atoms with Crippen LogP contribution in [0.2, 0.25) is 0 Å². The van der Waals surface area contributed by atoms with Crippen molar-refractivity contribution in [2.24, 2.45) is 0 Å². The van der Waals surface area contributed by atoms with E-state index in [1.807, 2.05) is 60.5 Å². The Kier molecular flexibility index (Phi) is 5.32. The van der Waals surface area contributed by atoms with Crippen LogP contribution in [0.15, 0.2) is 47.5 Å². The molecule has 1 aromatic carbocycles.